The Morgan fingerprint density at radius 3 is 2.55 bits per heavy atom. The summed E-state index contributed by atoms with van der Waals surface area (Å²) in [6.07, 6.45) is 0. The van der Waals surface area contributed by atoms with Gasteiger partial charge < -0.3 is 14.6 Å². The molecule has 0 aliphatic rings. The monoisotopic (exact) mass is 312 g/mol. The van der Waals surface area contributed by atoms with Gasteiger partial charge in [0.1, 0.15) is 5.52 Å². The minimum atomic E-state index is 0.0230. The van der Waals surface area contributed by atoms with Crippen LogP contribution in [-0.2, 0) is 0 Å². The molecule has 0 unspecified atom stereocenters. The summed E-state index contributed by atoms with van der Waals surface area (Å²) in [4.78, 5) is 4.47. The summed E-state index contributed by atoms with van der Waals surface area (Å²) in [5.74, 6) is 0.839. The number of nitrogens with zero attached hydrogens (tertiary/aromatic N) is 3. The molecule has 2 aromatic carbocycles. The fourth-order valence-corrected chi connectivity index (χ4v) is 2.35. The van der Waals surface area contributed by atoms with E-state index in [9.17, 15) is 0 Å². The van der Waals surface area contributed by atoms with Gasteiger partial charge >= 0.3 is 6.01 Å². The van der Waals surface area contributed by atoms with Crippen LogP contribution < -0.4 is 5.73 Å². The van der Waals surface area contributed by atoms with E-state index in [1.54, 1.807) is 24.3 Å². The number of aromatic nitrogens is 3. The Morgan fingerprint density at radius 1 is 0.909 bits per heavy atom. The fourth-order valence-electron chi connectivity index (χ4n) is 2.16. The molecule has 0 aliphatic carbocycles. The van der Waals surface area contributed by atoms with Crippen LogP contribution in [0.5, 0.6) is 0 Å². The quantitative estimate of drug-likeness (QED) is 0.605. The number of nitrogen functional groups attached to an aromatic ring is 1. The van der Waals surface area contributed by atoms with Crippen molar-refractivity contribution in [2.24, 2.45) is 0 Å². The summed E-state index contributed by atoms with van der Waals surface area (Å²) in [7, 11) is 0. The lowest BCUT2D eigenvalue weighted by Crippen LogP contribution is -1.81. The summed E-state index contributed by atoms with van der Waals surface area (Å²) in [6.45, 7) is 0. The van der Waals surface area contributed by atoms with E-state index in [2.05, 4.69) is 15.2 Å². The number of oxazole rings is 1. The molecule has 2 N–H and O–H groups in total. The molecule has 0 atom stereocenters. The molecule has 4 aromatic rings. The van der Waals surface area contributed by atoms with Crippen LogP contribution in [0.15, 0.2) is 51.3 Å². The van der Waals surface area contributed by atoms with Crippen LogP contribution in [0.25, 0.3) is 34.0 Å². The van der Waals surface area contributed by atoms with Gasteiger partial charge in [-0.25, -0.2) is 4.98 Å². The van der Waals surface area contributed by atoms with Gasteiger partial charge in [-0.15, -0.1) is 5.10 Å². The molecule has 0 radical (unpaired) electrons. The van der Waals surface area contributed by atoms with Gasteiger partial charge in [0.25, 0.3) is 0 Å². The third-order valence-corrected chi connectivity index (χ3v) is 3.38. The molecular formula is C15H9ClN4O2. The fraction of sp³-hybridized carbons (Fsp3) is 0. The Balaban J connectivity index is 1.81. The first kappa shape index (κ1) is 12.8. The van der Waals surface area contributed by atoms with E-state index >= 15 is 0 Å². The van der Waals surface area contributed by atoms with Crippen molar-refractivity contribution in [3.63, 3.8) is 0 Å². The Bertz CT molecular complexity index is 977. The molecule has 2 aromatic heterocycles. The maximum absolute atomic E-state index is 5.99. The Hall–Kier alpha value is -2.86. The smallest absolute Gasteiger partial charge is 0.313 e. The van der Waals surface area contributed by atoms with Crippen molar-refractivity contribution in [1.29, 1.82) is 0 Å². The summed E-state index contributed by atoms with van der Waals surface area (Å²) in [5, 5.41) is 8.12. The van der Waals surface area contributed by atoms with Gasteiger partial charge in [-0.3, -0.25) is 0 Å². The highest BCUT2D eigenvalue weighted by Gasteiger charge is 2.12. The van der Waals surface area contributed by atoms with Crippen molar-refractivity contribution in [3.8, 4) is 22.9 Å². The van der Waals surface area contributed by atoms with Crippen LogP contribution in [0, 0.1) is 0 Å². The number of rotatable bonds is 2. The van der Waals surface area contributed by atoms with Gasteiger partial charge in [0.15, 0.2) is 5.58 Å². The first-order valence-electron chi connectivity index (χ1n) is 6.45. The lowest BCUT2D eigenvalue weighted by molar-refractivity contribution is 0.590. The lowest BCUT2D eigenvalue weighted by Gasteiger charge is -1.94. The Morgan fingerprint density at radius 2 is 1.77 bits per heavy atom. The average molecular weight is 313 g/mol. The zero-order valence-electron chi connectivity index (χ0n) is 11.2. The molecule has 0 spiro atoms. The predicted molar refractivity (Wildman–Crippen MR) is 82.2 cm³/mol. The molecule has 22 heavy (non-hydrogen) atoms. The zero-order valence-corrected chi connectivity index (χ0v) is 11.9. The number of hydrogen-bond donors (Lipinski definition) is 1. The van der Waals surface area contributed by atoms with E-state index in [0.29, 0.717) is 27.9 Å². The summed E-state index contributed by atoms with van der Waals surface area (Å²) in [6, 6.07) is 12.8. The second-order valence-electron chi connectivity index (χ2n) is 4.66. The number of halogens is 1. The minimum absolute atomic E-state index is 0.0230. The maximum Gasteiger partial charge on any atom is 0.313 e. The van der Waals surface area contributed by atoms with E-state index in [1.807, 2.05) is 18.2 Å². The van der Waals surface area contributed by atoms with Gasteiger partial charge in [0.05, 0.1) is 0 Å². The second-order valence-corrected chi connectivity index (χ2v) is 5.09. The molecular weight excluding hydrogens is 304 g/mol. The third kappa shape index (κ3) is 2.19. The van der Waals surface area contributed by atoms with E-state index in [1.165, 1.54) is 0 Å². The van der Waals surface area contributed by atoms with Crippen molar-refractivity contribution in [3.05, 3.63) is 47.5 Å². The first-order valence-corrected chi connectivity index (χ1v) is 6.83. The van der Waals surface area contributed by atoms with Gasteiger partial charge in [0, 0.05) is 16.1 Å². The largest absolute Gasteiger partial charge is 0.436 e. The van der Waals surface area contributed by atoms with Gasteiger partial charge in [0.2, 0.25) is 11.8 Å². The second kappa shape index (κ2) is 4.85. The third-order valence-electron chi connectivity index (χ3n) is 3.15. The van der Waals surface area contributed by atoms with Crippen LogP contribution in [0.4, 0.5) is 6.01 Å². The minimum Gasteiger partial charge on any atom is -0.436 e. The standard InChI is InChI=1S/C15H9ClN4O2/c16-10-3-1-2-8(6-10)13-18-11-7-9(4-5-12(11)21-13)14-19-20-15(17)22-14/h1-7H,(H2,17,20). The Kier molecular flexibility index (Phi) is 2.83. The van der Waals surface area contributed by atoms with E-state index < -0.39 is 0 Å². The van der Waals surface area contributed by atoms with Crippen molar-refractivity contribution in [2.45, 2.75) is 0 Å². The average Bonchev–Trinajstić information content (AvgIpc) is 3.12. The number of anilines is 1. The summed E-state index contributed by atoms with van der Waals surface area (Å²) in [5.41, 5.74) is 8.32. The van der Waals surface area contributed by atoms with Crippen LogP contribution in [-0.4, -0.2) is 15.2 Å². The number of benzene rings is 2. The predicted octanol–water partition coefficient (Wildman–Crippen LogP) is 3.78. The molecule has 0 bridgehead atoms. The number of nitrogens with two attached hydrogens (primary N) is 1. The van der Waals surface area contributed by atoms with Crippen molar-refractivity contribution < 1.29 is 8.83 Å². The summed E-state index contributed by atoms with van der Waals surface area (Å²) >= 11 is 5.99. The highest BCUT2D eigenvalue weighted by molar-refractivity contribution is 6.30. The first-order chi connectivity index (χ1) is 10.7. The molecule has 108 valence electrons. The van der Waals surface area contributed by atoms with Crippen LogP contribution in [0.2, 0.25) is 5.02 Å². The molecule has 0 fully saturated rings. The molecule has 0 amide bonds. The normalized spacial score (nSPS) is 11.1. The highest BCUT2D eigenvalue weighted by atomic mass is 35.5. The molecule has 2 heterocycles. The molecule has 0 saturated heterocycles. The Labute approximate surface area is 129 Å². The van der Waals surface area contributed by atoms with E-state index in [4.69, 9.17) is 26.2 Å². The number of hydrogen-bond acceptors (Lipinski definition) is 6. The van der Waals surface area contributed by atoms with E-state index in [-0.39, 0.29) is 6.01 Å². The zero-order chi connectivity index (χ0) is 15.1. The molecule has 7 heteroatoms. The van der Waals surface area contributed by atoms with Crippen molar-refractivity contribution >= 4 is 28.7 Å². The van der Waals surface area contributed by atoms with Crippen LogP contribution in [0.3, 0.4) is 0 Å². The molecule has 6 nitrogen and oxygen atoms in total. The molecule has 0 aliphatic heterocycles. The molecule has 0 saturated carbocycles. The SMILES string of the molecule is Nc1nnc(-c2ccc3oc(-c4cccc(Cl)c4)nc3c2)o1. The molecule has 4 rings (SSSR count). The van der Waals surface area contributed by atoms with Gasteiger partial charge in [-0.05, 0) is 36.4 Å². The van der Waals surface area contributed by atoms with Gasteiger partial charge in [-0.2, -0.15) is 0 Å². The van der Waals surface area contributed by atoms with Crippen molar-refractivity contribution in [1.82, 2.24) is 15.2 Å². The maximum atomic E-state index is 5.99. The lowest BCUT2D eigenvalue weighted by atomic mass is 10.2. The van der Waals surface area contributed by atoms with Crippen molar-refractivity contribution in [2.75, 3.05) is 5.73 Å². The highest BCUT2D eigenvalue weighted by Crippen LogP contribution is 2.29. The van der Waals surface area contributed by atoms with Gasteiger partial charge in [-0.1, -0.05) is 22.8 Å². The topological polar surface area (TPSA) is 91.0 Å². The summed E-state index contributed by atoms with van der Waals surface area (Å²) < 4.78 is 10.9. The van der Waals surface area contributed by atoms with Crippen LogP contribution in [0.1, 0.15) is 0 Å². The van der Waals surface area contributed by atoms with Crippen LogP contribution >= 0.6 is 11.6 Å². The number of fused-ring (bicyclic) bond motifs is 1. The van der Waals surface area contributed by atoms with E-state index in [0.717, 1.165) is 11.1 Å².